The maximum Gasteiger partial charge on any atom is 0.257 e. The van der Waals surface area contributed by atoms with E-state index in [0.29, 0.717) is 11.3 Å². The lowest BCUT2D eigenvalue weighted by molar-refractivity contribution is 0.102. The Balaban J connectivity index is 1.50. The molecule has 0 radical (unpaired) electrons. The van der Waals surface area contributed by atoms with Crippen LogP contribution in [-0.2, 0) is 7.05 Å². The smallest absolute Gasteiger partial charge is 0.257 e. The molecule has 3 heterocycles. The number of carbonyl (C=O) groups excluding carboxylic acids is 1. The average Bonchev–Trinajstić information content (AvgIpc) is 3.15. The molecule has 7 heteroatoms. The van der Waals surface area contributed by atoms with Crippen LogP contribution in [0.3, 0.4) is 0 Å². The molecular weight excluding hydrogens is 352 g/mol. The summed E-state index contributed by atoms with van der Waals surface area (Å²) in [7, 11) is 4.03. The maximum atomic E-state index is 12.9. The molecule has 4 rings (SSSR count). The van der Waals surface area contributed by atoms with Crippen molar-refractivity contribution in [3.8, 4) is 11.4 Å². The van der Waals surface area contributed by atoms with Crippen LogP contribution in [0, 0.1) is 0 Å². The topological polar surface area (TPSA) is 66.3 Å². The number of likely N-dealkylation sites (N-methyl/N-ethyl adjacent to an activating group) is 1. The number of benzene rings is 1. The molecule has 1 aromatic carbocycles. The second kappa shape index (κ2) is 7.82. The van der Waals surface area contributed by atoms with Crippen molar-refractivity contribution < 1.29 is 4.79 Å². The van der Waals surface area contributed by atoms with Gasteiger partial charge in [0.05, 0.1) is 23.8 Å². The molecule has 2 aromatic heterocycles. The lowest BCUT2D eigenvalue weighted by Crippen LogP contribution is -2.44. The van der Waals surface area contributed by atoms with E-state index in [1.807, 2.05) is 23.7 Å². The van der Waals surface area contributed by atoms with Crippen LogP contribution in [0.15, 0.2) is 55.1 Å². The van der Waals surface area contributed by atoms with Gasteiger partial charge in [-0.25, -0.2) is 4.98 Å². The zero-order valence-corrected chi connectivity index (χ0v) is 16.2. The van der Waals surface area contributed by atoms with Crippen molar-refractivity contribution in [1.82, 2.24) is 19.4 Å². The Morgan fingerprint density at radius 3 is 2.46 bits per heavy atom. The summed E-state index contributed by atoms with van der Waals surface area (Å²) in [5, 5.41) is 2.98. The maximum absolute atomic E-state index is 12.9. The van der Waals surface area contributed by atoms with Crippen molar-refractivity contribution in [2.75, 3.05) is 43.4 Å². The minimum Gasteiger partial charge on any atom is -0.369 e. The van der Waals surface area contributed by atoms with Crippen molar-refractivity contribution in [2.45, 2.75) is 0 Å². The summed E-state index contributed by atoms with van der Waals surface area (Å²) in [6.45, 7) is 4.17. The van der Waals surface area contributed by atoms with Gasteiger partial charge in [-0.05, 0) is 43.4 Å². The fraction of sp³-hybridized carbons (Fsp3) is 0.286. The monoisotopic (exact) mass is 376 g/mol. The molecule has 3 aromatic rings. The van der Waals surface area contributed by atoms with E-state index in [1.54, 1.807) is 30.9 Å². The summed E-state index contributed by atoms with van der Waals surface area (Å²) in [6.07, 6.45) is 5.09. The summed E-state index contributed by atoms with van der Waals surface area (Å²) in [5.41, 5.74) is 3.89. The van der Waals surface area contributed by atoms with Gasteiger partial charge in [-0.2, -0.15) is 0 Å². The minimum absolute atomic E-state index is 0.184. The molecule has 0 spiro atoms. The van der Waals surface area contributed by atoms with Crippen LogP contribution in [-0.4, -0.2) is 58.6 Å². The molecule has 0 bridgehead atoms. The Kier molecular flexibility index (Phi) is 5.08. The van der Waals surface area contributed by atoms with E-state index in [-0.39, 0.29) is 5.91 Å². The number of nitrogens with one attached hydrogen (secondary N) is 1. The van der Waals surface area contributed by atoms with E-state index in [9.17, 15) is 4.79 Å². The molecule has 0 saturated carbocycles. The SMILES string of the molecule is CN1CCN(c2ccc(NC(=O)c3cccnc3-c3cncn3C)cc2)CC1. The van der Waals surface area contributed by atoms with Crippen molar-refractivity contribution in [2.24, 2.45) is 7.05 Å². The summed E-state index contributed by atoms with van der Waals surface area (Å²) >= 11 is 0. The second-order valence-electron chi connectivity index (χ2n) is 7.08. The third kappa shape index (κ3) is 3.75. The third-order valence-corrected chi connectivity index (χ3v) is 5.11. The van der Waals surface area contributed by atoms with E-state index in [2.05, 4.69) is 44.3 Å². The molecule has 1 saturated heterocycles. The molecule has 1 fully saturated rings. The zero-order chi connectivity index (χ0) is 19.5. The minimum atomic E-state index is -0.184. The lowest BCUT2D eigenvalue weighted by Gasteiger charge is -2.34. The summed E-state index contributed by atoms with van der Waals surface area (Å²) in [5.74, 6) is -0.184. The standard InChI is InChI=1S/C21H24N6O/c1-25-10-12-27(13-11-25)17-7-5-16(6-8-17)24-21(28)18-4-3-9-23-20(18)19-14-22-15-26(19)2/h3-9,14-15H,10-13H2,1-2H3,(H,24,28). The normalized spacial score (nSPS) is 14.9. The van der Waals surface area contributed by atoms with E-state index in [1.165, 1.54) is 5.69 Å². The number of pyridine rings is 1. The highest BCUT2D eigenvalue weighted by atomic mass is 16.1. The van der Waals surface area contributed by atoms with Gasteiger partial charge in [0.25, 0.3) is 5.91 Å². The molecule has 28 heavy (non-hydrogen) atoms. The number of nitrogens with zero attached hydrogens (tertiary/aromatic N) is 5. The molecule has 1 aliphatic heterocycles. The van der Waals surface area contributed by atoms with Gasteiger partial charge >= 0.3 is 0 Å². The highest BCUT2D eigenvalue weighted by Gasteiger charge is 2.17. The van der Waals surface area contributed by atoms with Gasteiger partial charge < -0.3 is 19.7 Å². The Labute approximate surface area is 164 Å². The number of rotatable bonds is 4. The molecule has 144 valence electrons. The molecule has 0 atom stereocenters. The predicted octanol–water partition coefficient (Wildman–Crippen LogP) is 2.49. The predicted molar refractivity (Wildman–Crippen MR) is 111 cm³/mol. The van der Waals surface area contributed by atoms with Gasteiger partial charge in [0, 0.05) is 50.8 Å². The fourth-order valence-electron chi connectivity index (χ4n) is 3.40. The lowest BCUT2D eigenvalue weighted by atomic mass is 10.1. The molecule has 7 nitrogen and oxygen atoms in total. The van der Waals surface area contributed by atoms with E-state index in [0.717, 1.165) is 37.6 Å². The Morgan fingerprint density at radius 1 is 1.04 bits per heavy atom. The number of hydrogen-bond donors (Lipinski definition) is 1. The second-order valence-corrected chi connectivity index (χ2v) is 7.08. The van der Waals surface area contributed by atoms with Gasteiger partial charge in [0.2, 0.25) is 0 Å². The van der Waals surface area contributed by atoms with E-state index >= 15 is 0 Å². The first-order chi connectivity index (χ1) is 13.6. The summed E-state index contributed by atoms with van der Waals surface area (Å²) in [4.78, 5) is 26.1. The van der Waals surface area contributed by atoms with Gasteiger partial charge in [-0.1, -0.05) is 0 Å². The van der Waals surface area contributed by atoms with Crippen molar-refractivity contribution in [1.29, 1.82) is 0 Å². The summed E-state index contributed by atoms with van der Waals surface area (Å²) < 4.78 is 1.85. The number of piperazine rings is 1. The number of amides is 1. The molecule has 1 N–H and O–H groups in total. The first-order valence-electron chi connectivity index (χ1n) is 9.38. The van der Waals surface area contributed by atoms with E-state index in [4.69, 9.17) is 0 Å². The molecule has 0 unspecified atom stereocenters. The number of hydrogen-bond acceptors (Lipinski definition) is 5. The largest absolute Gasteiger partial charge is 0.369 e. The number of anilines is 2. The van der Waals surface area contributed by atoms with Crippen LogP contribution in [0.4, 0.5) is 11.4 Å². The van der Waals surface area contributed by atoms with E-state index < -0.39 is 0 Å². The highest BCUT2D eigenvalue weighted by Crippen LogP contribution is 2.23. The quantitative estimate of drug-likeness (QED) is 0.758. The van der Waals surface area contributed by atoms with Crippen LogP contribution < -0.4 is 10.2 Å². The number of aryl methyl sites for hydroxylation is 1. The highest BCUT2D eigenvalue weighted by molar-refractivity contribution is 6.07. The Bertz CT molecular complexity index is 957. The van der Waals surface area contributed by atoms with Gasteiger partial charge in [-0.15, -0.1) is 0 Å². The van der Waals surface area contributed by atoms with Crippen LogP contribution in [0.5, 0.6) is 0 Å². The van der Waals surface area contributed by atoms with Crippen LogP contribution in [0.2, 0.25) is 0 Å². The van der Waals surface area contributed by atoms with Gasteiger partial charge in [0.1, 0.15) is 5.69 Å². The van der Waals surface area contributed by atoms with Gasteiger partial charge in [-0.3, -0.25) is 9.78 Å². The average molecular weight is 376 g/mol. The van der Waals surface area contributed by atoms with Crippen LogP contribution in [0.1, 0.15) is 10.4 Å². The first-order valence-corrected chi connectivity index (χ1v) is 9.38. The number of imidazole rings is 1. The molecular formula is C21H24N6O. The zero-order valence-electron chi connectivity index (χ0n) is 16.2. The molecule has 0 aliphatic carbocycles. The van der Waals surface area contributed by atoms with Gasteiger partial charge in [0.15, 0.2) is 0 Å². The number of aromatic nitrogens is 3. The van der Waals surface area contributed by atoms with Crippen LogP contribution >= 0.6 is 0 Å². The molecule has 1 aliphatic rings. The number of carbonyl (C=O) groups is 1. The Morgan fingerprint density at radius 2 is 1.79 bits per heavy atom. The van der Waals surface area contributed by atoms with Crippen LogP contribution in [0.25, 0.3) is 11.4 Å². The van der Waals surface area contributed by atoms with Crippen molar-refractivity contribution in [3.63, 3.8) is 0 Å². The summed E-state index contributed by atoms with van der Waals surface area (Å²) in [6, 6.07) is 11.6. The van der Waals surface area contributed by atoms with Crippen molar-refractivity contribution >= 4 is 17.3 Å². The third-order valence-electron chi connectivity index (χ3n) is 5.11. The Hall–Kier alpha value is -3.19. The first kappa shape index (κ1) is 18.2. The van der Waals surface area contributed by atoms with Crippen molar-refractivity contribution in [3.05, 3.63) is 60.7 Å². The molecule has 1 amide bonds. The fourth-order valence-corrected chi connectivity index (χ4v) is 3.40.